The van der Waals surface area contributed by atoms with Gasteiger partial charge in [-0.1, -0.05) is 24.0 Å². The summed E-state index contributed by atoms with van der Waals surface area (Å²) >= 11 is 0. The van der Waals surface area contributed by atoms with Crippen LogP contribution < -0.4 is 4.90 Å². The molecule has 0 aliphatic carbocycles. The van der Waals surface area contributed by atoms with Crippen molar-refractivity contribution < 1.29 is 45.9 Å². The van der Waals surface area contributed by atoms with Crippen LogP contribution in [-0.4, -0.2) is 81.8 Å². The number of imide groups is 2. The van der Waals surface area contributed by atoms with Gasteiger partial charge in [-0.25, -0.2) is 28.0 Å². The van der Waals surface area contributed by atoms with Crippen LogP contribution in [0.5, 0.6) is 0 Å². The van der Waals surface area contributed by atoms with Gasteiger partial charge in [-0.2, -0.15) is 17.5 Å². The van der Waals surface area contributed by atoms with Gasteiger partial charge < -0.3 is 5.11 Å². The molecule has 2 fully saturated rings. The number of sulfonamides is 1. The largest absolute Gasteiger partial charge is 0.480 e. The lowest BCUT2D eigenvalue weighted by atomic mass is 10.1. The van der Waals surface area contributed by atoms with Crippen molar-refractivity contribution in [3.63, 3.8) is 0 Å². The molecular formula is C32H22F3N5O7S. The second-order valence-electron chi connectivity index (χ2n) is 10.8. The molecule has 0 spiro atoms. The number of benzene rings is 2. The fraction of sp³-hybridized carbons (Fsp3) is 0.188. The van der Waals surface area contributed by atoms with Gasteiger partial charge in [0.15, 0.2) is 0 Å². The number of rotatable bonds is 5. The van der Waals surface area contributed by atoms with Crippen molar-refractivity contribution in [3.05, 3.63) is 84.2 Å². The van der Waals surface area contributed by atoms with Crippen LogP contribution in [0.3, 0.4) is 0 Å². The standard InChI is InChI=1S/C32H22F3N5O7S/c33-32(34,35)30(44)38-18-28(41)40(31(38)45)27-16-25(37-24-13-14-36-17-23(24)27)21-9-5-19(6-10-21)3-4-20-7-11-22(12-8-20)48(46,47)39-15-1-2-26(39)29(42)43/h5-14,16-17,26H,1-2,15,18H2,(H,42,43)/t26-/m1/s1. The number of carbonyl (C=O) groups excluding carboxylic acids is 3. The van der Waals surface area contributed by atoms with Crippen molar-refractivity contribution >= 4 is 50.4 Å². The molecule has 0 bridgehead atoms. The van der Waals surface area contributed by atoms with E-state index in [-0.39, 0.29) is 45.0 Å². The highest BCUT2D eigenvalue weighted by atomic mass is 32.2. The summed E-state index contributed by atoms with van der Waals surface area (Å²) in [6.07, 6.45) is -1.94. The Bertz CT molecular complexity index is 2160. The number of alkyl halides is 3. The van der Waals surface area contributed by atoms with Gasteiger partial charge in [0.05, 0.1) is 21.8 Å². The van der Waals surface area contributed by atoms with Gasteiger partial charge in [0.25, 0.3) is 5.91 Å². The highest BCUT2D eigenvalue weighted by molar-refractivity contribution is 7.89. The lowest BCUT2D eigenvalue weighted by molar-refractivity contribution is -0.181. The highest BCUT2D eigenvalue weighted by Crippen LogP contribution is 2.34. The molecule has 12 nitrogen and oxygen atoms in total. The molecule has 6 rings (SSSR count). The number of urea groups is 1. The molecule has 0 radical (unpaired) electrons. The summed E-state index contributed by atoms with van der Waals surface area (Å²) in [4.78, 5) is 57.7. The van der Waals surface area contributed by atoms with E-state index in [9.17, 15) is 45.9 Å². The Morgan fingerprint density at radius 2 is 1.60 bits per heavy atom. The number of halogens is 3. The van der Waals surface area contributed by atoms with Crippen molar-refractivity contribution in [3.8, 4) is 23.1 Å². The van der Waals surface area contributed by atoms with Crippen molar-refractivity contribution in [2.45, 2.75) is 30.0 Å². The molecule has 2 aromatic heterocycles. The lowest BCUT2D eigenvalue weighted by Crippen LogP contribution is -2.43. The van der Waals surface area contributed by atoms with Crippen LogP contribution >= 0.6 is 0 Å². The Balaban J connectivity index is 1.24. The Morgan fingerprint density at radius 1 is 0.958 bits per heavy atom. The predicted molar refractivity (Wildman–Crippen MR) is 163 cm³/mol. The zero-order valence-electron chi connectivity index (χ0n) is 24.5. The zero-order valence-corrected chi connectivity index (χ0v) is 25.3. The van der Waals surface area contributed by atoms with Gasteiger partial charge in [-0.05, 0) is 61.4 Å². The quantitative estimate of drug-likeness (QED) is 0.245. The van der Waals surface area contributed by atoms with E-state index in [1.54, 1.807) is 24.3 Å². The third kappa shape index (κ3) is 5.96. The van der Waals surface area contributed by atoms with Crippen LogP contribution in [0, 0.1) is 11.8 Å². The summed E-state index contributed by atoms with van der Waals surface area (Å²) in [5.74, 6) is 1.22. The number of aromatic nitrogens is 2. The fourth-order valence-corrected chi connectivity index (χ4v) is 7.07. The number of fused-ring (bicyclic) bond motifs is 1. The number of anilines is 1. The van der Waals surface area contributed by atoms with E-state index in [1.807, 2.05) is 0 Å². The first-order valence-corrected chi connectivity index (χ1v) is 15.7. The number of carboxylic acids is 1. The minimum atomic E-state index is -5.35. The SMILES string of the molecule is O=C(O)[C@H]1CCCN1S(=O)(=O)c1ccc(C#Cc2ccc(-c3cc(N4C(=O)CN(C(=O)C(F)(F)F)C4=O)c4cnccc4n3)cc2)cc1. The van der Waals surface area contributed by atoms with E-state index in [0.29, 0.717) is 28.0 Å². The number of hydrogen-bond acceptors (Lipinski definition) is 8. The lowest BCUT2D eigenvalue weighted by Gasteiger charge is -2.20. The number of nitrogens with zero attached hydrogens (tertiary/aromatic N) is 5. The van der Waals surface area contributed by atoms with E-state index in [2.05, 4.69) is 21.8 Å². The van der Waals surface area contributed by atoms with Crippen LogP contribution in [0.25, 0.3) is 22.2 Å². The molecule has 0 unspecified atom stereocenters. The normalized spacial score (nSPS) is 17.1. The van der Waals surface area contributed by atoms with Crippen molar-refractivity contribution in [1.29, 1.82) is 0 Å². The number of amides is 4. The summed E-state index contributed by atoms with van der Waals surface area (Å²) in [7, 11) is -4.00. The van der Waals surface area contributed by atoms with Gasteiger partial charge in [0.2, 0.25) is 10.0 Å². The Hall–Kier alpha value is -5.66. The molecule has 0 saturated carbocycles. The average molecular weight is 678 g/mol. The van der Waals surface area contributed by atoms with Gasteiger partial charge in [0, 0.05) is 41.0 Å². The third-order valence-corrected chi connectivity index (χ3v) is 9.69. The fourth-order valence-electron chi connectivity index (χ4n) is 5.42. The van der Waals surface area contributed by atoms with Gasteiger partial charge >= 0.3 is 24.1 Å². The van der Waals surface area contributed by atoms with Crippen LogP contribution in [0.2, 0.25) is 0 Å². The monoisotopic (exact) mass is 677 g/mol. The molecule has 4 heterocycles. The number of carbonyl (C=O) groups is 4. The highest BCUT2D eigenvalue weighted by Gasteiger charge is 2.51. The predicted octanol–water partition coefficient (Wildman–Crippen LogP) is 3.79. The van der Waals surface area contributed by atoms with Gasteiger partial charge in [-0.3, -0.25) is 19.4 Å². The van der Waals surface area contributed by atoms with E-state index >= 15 is 0 Å². The van der Waals surface area contributed by atoms with E-state index in [4.69, 9.17) is 0 Å². The van der Waals surface area contributed by atoms with Crippen molar-refractivity contribution in [2.75, 3.05) is 18.0 Å². The molecule has 244 valence electrons. The molecule has 2 aromatic carbocycles. The smallest absolute Gasteiger partial charge is 0.471 e. The molecule has 2 aliphatic rings. The molecule has 48 heavy (non-hydrogen) atoms. The average Bonchev–Trinajstić information content (AvgIpc) is 3.68. The number of carboxylic acid groups (broad SMARTS) is 1. The van der Waals surface area contributed by atoms with Gasteiger partial charge in [0.1, 0.15) is 12.6 Å². The number of pyridine rings is 2. The summed E-state index contributed by atoms with van der Waals surface area (Å²) < 4.78 is 66.1. The minimum Gasteiger partial charge on any atom is -0.480 e. The summed E-state index contributed by atoms with van der Waals surface area (Å²) in [5, 5.41) is 9.57. The van der Waals surface area contributed by atoms with E-state index in [0.717, 1.165) is 4.31 Å². The van der Waals surface area contributed by atoms with E-state index < -0.39 is 52.6 Å². The van der Waals surface area contributed by atoms with Crippen LogP contribution in [-0.2, 0) is 24.4 Å². The Morgan fingerprint density at radius 3 is 2.23 bits per heavy atom. The summed E-state index contributed by atoms with van der Waals surface area (Å²) in [5.41, 5.74) is 2.04. The van der Waals surface area contributed by atoms with Crippen LogP contribution in [0.15, 0.2) is 78.0 Å². The molecule has 1 N–H and O–H groups in total. The molecule has 4 aromatic rings. The topological polar surface area (TPSA) is 158 Å². The first kappa shape index (κ1) is 32.3. The number of aliphatic carboxylic acids is 1. The van der Waals surface area contributed by atoms with Crippen molar-refractivity contribution in [1.82, 2.24) is 19.2 Å². The Labute approximate surface area is 270 Å². The summed E-state index contributed by atoms with van der Waals surface area (Å²) in [6.45, 7) is -0.952. The van der Waals surface area contributed by atoms with Crippen LogP contribution in [0.1, 0.15) is 24.0 Å². The maximum Gasteiger partial charge on any atom is 0.471 e. The molecule has 2 aliphatic heterocycles. The van der Waals surface area contributed by atoms with E-state index in [1.165, 1.54) is 48.8 Å². The maximum absolute atomic E-state index is 13.1. The second-order valence-corrected chi connectivity index (χ2v) is 12.7. The summed E-state index contributed by atoms with van der Waals surface area (Å²) in [6, 6.07) is 12.7. The van der Waals surface area contributed by atoms with Crippen molar-refractivity contribution in [2.24, 2.45) is 0 Å². The zero-order chi connectivity index (χ0) is 34.4. The third-order valence-electron chi connectivity index (χ3n) is 7.76. The molecular weight excluding hydrogens is 655 g/mol. The second kappa shape index (κ2) is 12.2. The molecule has 4 amide bonds. The molecule has 16 heteroatoms. The van der Waals surface area contributed by atoms with Gasteiger partial charge in [-0.15, -0.1) is 0 Å². The minimum absolute atomic E-state index is 0.0411. The molecule has 2 saturated heterocycles. The number of hydrogen-bond donors (Lipinski definition) is 1. The first-order chi connectivity index (χ1) is 22.8. The van der Waals surface area contributed by atoms with Crippen LogP contribution in [0.4, 0.5) is 23.7 Å². The first-order valence-electron chi connectivity index (χ1n) is 14.2. The maximum atomic E-state index is 13.1. The Kier molecular flexibility index (Phi) is 8.19. The molecule has 1 atom stereocenters.